The summed E-state index contributed by atoms with van der Waals surface area (Å²) in [5, 5.41) is 0. The van der Waals surface area contributed by atoms with Crippen LogP contribution in [0.2, 0.25) is 0 Å². The van der Waals surface area contributed by atoms with Gasteiger partial charge in [0.1, 0.15) is 5.75 Å². The fourth-order valence-electron chi connectivity index (χ4n) is 2.50. The molecule has 100 valence electrons. The van der Waals surface area contributed by atoms with Gasteiger partial charge >= 0.3 is 0 Å². The van der Waals surface area contributed by atoms with E-state index in [4.69, 9.17) is 17.0 Å². The van der Waals surface area contributed by atoms with Gasteiger partial charge in [-0.3, -0.25) is 0 Å². The van der Waals surface area contributed by atoms with Gasteiger partial charge in [0.25, 0.3) is 0 Å². The Labute approximate surface area is 118 Å². The molecule has 2 aromatic carbocycles. The standard InChI is InChI=1S/C17H16N2O/c1-19-13-7-8-17(20-2)15(9-13)12-5-3-11(4-6-12)14-10-16(14)18/h3-9,14,16H,10,18H2,2H3/t14-,16+/m1/s1. The van der Waals surface area contributed by atoms with Gasteiger partial charge in [0, 0.05) is 17.5 Å². The van der Waals surface area contributed by atoms with Crippen molar-refractivity contribution in [3.63, 3.8) is 0 Å². The fourth-order valence-corrected chi connectivity index (χ4v) is 2.50. The maximum Gasteiger partial charge on any atom is 0.188 e. The van der Waals surface area contributed by atoms with E-state index < -0.39 is 0 Å². The average molecular weight is 264 g/mol. The third-order valence-electron chi connectivity index (χ3n) is 3.80. The van der Waals surface area contributed by atoms with E-state index in [2.05, 4.69) is 29.1 Å². The third-order valence-corrected chi connectivity index (χ3v) is 3.80. The summed E-state index contributed by atoms with van der Waals surface area (Å²) in [6.45, 7) is 7.12. The van der Waals surface area contributed by atoms with Crippen LogP contribution in [0.15, 0.2) is 42.5 Å². The average Bonchev–Trinajstić information content (AvgIpc) is 3.23. The molecule has 0 aromatic heterocycles. The van der Waals surface area contributed by atoms with E-state index in [-0.39, 0.29) is 0 Å². The topological polar surface area (TPSA) is 39.6 Å². The molecule has 2 N–H and O–H groups in total. The van der Waals surface area contributed by atoms with Crippen LogP contribution in [0.3, 0.4) is 0 Å². The molecule has 3 rings (SSSR count). The van der Waals surface area contributed by atoms with E-state index >= 15 is 0 Å². The van der Waals surface area contributed by atoms with Crippen molar-refractivity contribution < 1.29 is 4.74 Å². The van der Waals surface area contributed by atoms with Crippen molar-refractivity contribution in [1.82, 2.24) is 0 Å². The molecule has 0 heterocycles. The van der Waals surface area contributed by atoms with Crippen molar-refractivity contribution in [3.05, 3.63) is 59.4 Å². The van der Waals surface area contributed by atoms with Gasteiger partial charge in [-0.25, -0.2) is 4.85 Å². The van der Waals surface area contributed by atoms with E-state index in [0.29, 0.717) is 17.6 Å². The molecule has 2 atom stereocenters. The van der Waals surface area contributed by atoms with E-state index in [9.17, 15) is 0 Å². The van der Waals surface area contributed by atoms with Crippen LogP contribution in [0.1, 0.15) is 17.9 Å². The van der Waals surface area contributed by atoms with Gasteiger partial charge in [-0.15, -0.1) is 0 Å². The summed E-state index contributed by atoms with van der Waals surface area (Å²) in [4.78, 5) is 3.48. The molecular weight excluding hydrogens is 248 g/mol. The SMILES string of the molecule is [C-]#[N+]c1ccc(OC)c(-c2ccc([C@H]3C[C@@H]3N)cc2)c1. The molecule has 0 bridgehead atoms. The monoisotopic (exact) mass is 264 g/mol. The summed E-state index contributed by atoms with van der Waals surface area (Å²) < 4.78 is 5.38. The lowest BCUT2D eigenvalue weighted by atomic mass is 10.0. The highest BCUT2D eigenvalue weighted by Crippen LogP contribution is 2.40. The zero-order valence-corrected chi connectivity index (χ0v) is 11.3. The number of benzene rings is 2. The lowest BCUT2D eigenvalue weighted by molar-refractivity contribution is 0.416. The largest absolute Gasteiger partial charge is 0.496 e. The summed E-state index contributed by atoms with van der Waals surface area (Å²) in [7, 11) is 1.65. The quantitative estimate of drug-likeness (QED) is 0.858. The highest BCUT2D eigenvalue weighted by atomic mass is 16.5. The van der Waals surface area contributed by atoms with Crippen molar-refractivity contribution in [1.29, 1.82) is 0 Å². The molecule has 0 amide bonds. The van der Waals surface area contributed by atoms with Crippen LogP contribution in [-0.2, 0) is 0 Å². The van der Waals surface area contributed by atoms with Crippen molar-refractivity contribution in [2.75, 3.05) is 7.11 Å². The summed E-state index contributed by atoms with van der Waals surface area (Å²) in [5.74, 6) is 1.30. The Hall–Kier alpha value is -2.31. The smallest absolute Gasteiger partial charge is 0.188 e. The van der Waals surface area contributed by atoms with Gasteiger partial charge in [0.15, 0.2) is 5.69 Å². The maximum absolute atomic E-state index is 7.12. The van der Waals surface area contributed by atoms with Crippen LogP contribution in [0.25, 0.3) is 16.0 Å². The normalized spacial score (nSPS) is 20.2. The lowest BCUT2D eigenvalue weighted by Crippen LogP contribution is -2.00. The molecule has 1 fully saturated rings. The second kappa shape index (κ2) is 4.99. The number of ether oxygens (including phenoxy) is 1. The van der Waals surface area contributed by atoms with Crippen LogP contribution in [0, 0.1) is 6.57 Å². The highest BCUT2D eigenvalue weighted by Gasteiger charge is 2.34. The molecular formula is C17H16N2O. The van der Waals surface area contributed by atoms with Gasteiger partial charge < -0.3 is 10.5 Å². The molecule has 1 saturated carbocycles. The zero-order valence-electron chi connectivity index (χ0n) is 11.3. The maximum atomic E-state index is 7.12. The summed E-state index contributed by atoms with van der Waals surface area (Å²) >= 11 is 0. The number of hydrogen-bond donors (Lipinski definition) is 1. The Morgan fingerprint density at radius 2 is 1.90 bits per heavy atom. The molecule has 3 heteroatoms. The number of rotatable bonds is 3. The van der Waals surface area contributed by atoms with Crippen molar-refractivity contribution in [3.8, 4) is 16.9 Å². The van der Waals surface area contributed by atoms with Crippen molar-refractivity contribution in [2.45, 2.75) is 18.4 Å². The van der Waals surface area contributed by atoms with E-state index in [1.807, 2.05) is 12.1 Å². The van der Waals surface area contributed by atoms with E-state index in [1.54, 1.807) is 13.2 Å². The Balaban J connectivity index is 1.97. The number of hydrogen-bond acceptors (Lipinski definition) is 2. The van der Waals surface area contributed by atoms with Crippen molar-refractivity contribution >= 4 is 5.69 Å². The van der Waals surface area contributed by atoms with Crippen LogP contribution in [-0.4, -0.2) is 13.2 Å². The summed E-state index contributed by atoms with van der Waals surface area (Å²) in [5.41, 5.74) is 9.80. The molecule has 0 radical (unpaired) electrons. The molecule has 2 aromatic rings. The third kappa shape index (κ3) is 2.26. The highest BCUT2D eigenvalue weighted by molar-refractivity contribution is 5.75. The zero-order chi connectivity index (χ0) is 14.1. The fraction of sp³-hybridized carbons (Fsp3) is 0.235. The molecule has 1 aliphatic rings. The Morgan fingerprint density at radius 1 is 1.20 bits per heavy atom. The predicted molar refractivity (Wildman–Crippen MR) is 80.0 cm³/mol. The van der Waals surface area contributed by atoms with Crippen LogP contribution in [0.4, 0.5) is 5.69 Å². The van der Waals surface area contributed by atoms with E-state index in [1.165, 1.54) is 5.56 Å². The molecule has 3 nitrogen and oxygen atoms in total. The lowest BCUT2D eigenvalue weighted by Gasteiger charge is -2.10. The number of nitrogens with two attached hydrogens (primary N) is 1. The van der Waals surface area contributed by atoms with Crippen LogP contribution in [0.5, 0.6) is 5.75 Å². The molecule has 1 aliphatic carbocycles. The first-order valence-electron chi connectivity index (χ1n) is 6.64. The Morgan fingerprint density at radius 3 is 2.45 bits per heavy atom. The summed E-state index contributed by atoms with van der Waals surface area (Å²) in [6.07, 6.45) is 1.08. The second-order valence-electron chi connectivity index (χ2n) is 5.12. The summed E-state index contributed by atoms with van der Waals surface area (Å²) in [6, 6.07) is 14.2. The van der Waals surface area contributed by atoms with Gasteiger partial charge in [0.2, 0.25) is 0 Å². The van der Waals surface area contributed by atoms with Gasteiger partial charge in [-0.05, 0) is 29.7 Å². The first kappa shape index (κ1) is 12.7. The first-order chi connectivity index (χ1) is 9.72. The first-order valence-corrected chi connectivity index (χ1v) is 6.64. The second-order valence-corrected chi connectivity index (χ2v) is 5.12. The Bertz CT molecular complexity index is 670. The number of methoxy groups -OCH3 is 1. The van der Waals surface area contributed by atoms with Gasteiger partial charge in [-0.1, -0.05) is 30.3 Å². The predicted octanol–water partition coefficient (Wildman–Crippen LogP) is 3.73. The van der Waals surface area contributed by atoms with Gasteiger partial charge in [0.05, 0.1) is 13.7 Å². The van der Waals surface area contributed by atoms with E-state index in [0.717, 1.165) is 23.3 Å². The molecule has 0 aliphatic heterocycles. The minimum atomic E-state index is 0.320. The number of nitrogens with zero attached hydrogens (tertiary/aromatic N) is 1. The molecule has 0 spiro atoms. The van der Waals surface area contributed by atoms with Crippen LogP contribution >= 0.6 is 0 Å². The van der Waals surface area contributed by atoms with Crippen molar-refractivity contribution in [2.24, 2.45) is 5.73 Å². The molecule has 0 unspecified atom stereocenters. The minimum Gasteiger partial charge on any atom is -0.496 e. The Kier molecular flexibility index (Phi) is 3.17. The van der Waals surface area contributed by atoms with Gasteiger partial charge in [-0.2, -0.15) is 0 Å². The molecule has 0 saturated heterocycles. The van der Waals surface area contributed by atoms with Crippen LogP contribution < -0.4 is 10.5 Å². The molecule has 20 heavy (non-hydrogen) atoms. The minimum absolute atomic E-state index is 0.320.